The van der Waals surface area contributed by atoms with Crippen LogP contribution in [0.25, 0.3) is 16.8 Å². The van der Waals surface area contributed by atoms with Gasteiger partial charge in [0.05, 0.1) is 0 Å². The molecule has 0 spiro atoms. The summed E-state index contributed by atoms with van der Waals surface area (Å²) in [6.07, 6.45) is 4.70. The fourth-order valence-corrected chi connectivity index (χ4v) is 3.32. The van der Waals surface area contributed by atoms with E-state index in [4.69, 9.17) is 4.74 Å². The van der Waals surface area contributed by atoms with Gasteiger partial charge in [0, 0.05) is 11.8 Å². The maximum atomic E-state index is 12.3. The Morgan fingerprint density at radius 3 is 2.28 bits per heavy atom. The van der Waals surface area contributed by atoms with Crippen molar-refractivity contribution in [1.82, 2.24) is 0 Å². The Morgan fingerprint density at radius 2 is 1.55 bits per heavy atom. The van der Waals surface area contributed by atoms with Crippen molar-refractivity contribution in [2.24, 2.45) is 0 Å². The number of ether oxygens (including phenoxy) is 1. The van der Waals surface area contributed by atoms with E-state index in [1.54, 1.807) is 6.08 Å². The maximum Gasteiger partial charge on any atom is 0.331 e. The zero-order valence-electron chi connectivity index (χ0n) is 16.8. The third kappa shape index (κ3) is 5.11. The molecule has 0 aliphatic carbocycles. The van der Waals surface area contributed by atoms with Crippen LogP contribution in [0.1, 0.15) is 30.5 Å². The highest BCUT2D eigenvalue weighted by Crippen LogP contribution is 2.22. The smallest absolute Gasteiger partial charge is 0.331 e. The third-order valence-corrected chi connectivity index (χ3v) is 4.83. The van der Waals surface area contributed by atoms with Crippen LogP contribution in [0.5, 0.6) is 0 Å². The number of carbonyl (C=O) groups excluding carboxylic acids is 2. The van der Waals surface area contributed by atoms with Gasteiger partial charge in [0.25, 0.3) is 5.91 Å². The summed E-state index contributed by atoms with van der Waals surface area (Å²) in [5.74, 6) is -0.889. The van der Waals surface area contributed by atoms with Crippen molar-refractivity contribution in [2.75, 3.05) is 11.9 Å². The van der Waals surface area contributed by atoms with E-state index >= 15 is 0 Å². The molecule has 148 valence electrons. The van der Waals surface area contributed by atoms with Crippen molar-refractivity contribution in [3.63, 3.8) is 0 Å². The van der Waals surface area contributed by atoms with Crippen LogP contribution >= 0.6 is 0 Å². The van der Waals surface area contributed by atoms with E-state index < -0.39 is 5.97 Å². The van der Waals surface area contributed by atoms with E-state index in [0.29, 0.717) is 0 Å². The predicted octanol–water partition coefficient (Wildman–Crippen LogP) is 5.16. The Bertz CT molecular complexity index is 1030. The molecular formula is C25H25NO3. The quantitative estimate of drug-likeness (QED) is 0.450. The summed E-state index contributed by atoms with van der Waals surface area (Å²) < 4.78 is 5.12. The highest BCUT2D eigenvalue weighted by Gasteiger charge is 2.11. The normalized spacial score (nSPS) is 11.0. The van der Waals surface area contributed by atoms with E-state index in [-0.39, 0.29) is 12.5 Å². The molecule has 3 aromatic carbocycles. The number of amides is 1. The number of anilines is 1. The Hall–Kier alpha value is -3.40. The first-order chi connectivity index (χ1) is 14.1. The van der Waals surface area contributed by atoms with Gasteiger partial charge in [-0.1, -0.05) is 74.5 Å². The van der Waals surface area contributed by atoms with Crippen LogP contribution in [0.15, 0.2) is 66.7 Å². The molecule has 0 saturated heterocycles. The van der Waals surface area contributed by atoms with Gasteiger partial charge in [-0.25, -0.2) is 4.79 Å². The second-order valence-electron chi connectivity index (χ2n) is 6.72. The van der Waals surface area contributed by atoms with Crippen molar-refractivity contribution in [1.29, 1.82) is 0 Å². The van der Waals surface area contributed by atoms with Gasteiger partial charge in [0.15, 0.2) is 6.61 Å². The molecule has 0 aliphatic heterocycles. The fraction of sp³-hybridized carbons (Fsp3) is 0.200. The SMILES string of the molecule is CCc1cccc(CC)c1NC(=O)COC(=O)/C=C/c1cccc2ccccc12. The summed E-state index contributed by atoms with van der Waals surface area (Å²) in [5, 5.41) is 5.05. The second-order valence-corrected chi connectivity index (χ2v) is 6.72. The van der Waals surface area contributed by atoms with Crippen LogP contribution < -0.4 is 5.32 Å². The van der Waals surface area contributed by atoms with Gasteiger partial charge in [0.2, 0.25) is 0 Å². The fourth-order valence-electron chi connectivity index (χ4n) is 3.32. The van der Waals surface area contributed by atoms with E-state index in [1.165, 1.54) is 6.08 Å². The van der Waals surface area contributed by atoms with Crippen LogP contribution in [0.4, 0.5) is 5.69 Å². The molecule has 1 N–H and O–H groups in total. The molecule has 1 amide bonds. The van der Waals surface area contributed by atoms with Crippen LogP contribution in [-0.2, 0) is 27.2 Å². The zero-order chi connectivity index (χ0) is 20.6. The van der Waals surface area contributed by atoms with Crippen LogP contribution in [0.3, 0.4) is 0 Å². The number of hydrogen-bond donors (Lipinski definition) is 1. The lowest BCUT2D eigenvalue weighted by Gasteiger charge is -2.14. The number of esters is 1. The Morgan fingerprint density at radius 1 is 0.897 bits per heavy atom. The second kappa shape index (κ2) is 9.69. The van der Waals surface area contributed by atoms with Crippen molar-refractivity contribution >= 4 is 34.4 Å². The van der Waals surface area contributed by atoms with Crippen molar-refractivity contribution < 1.29 is 14.3 Å². The highest BCUT2D eigenvalue weighted by atomic mass is 16.5. The Labute approximate surface area is 171 Å². The molecule has 3 rings (SSSR count). The average molecular weight is 387 g/mol. The van der Waals surface area contributed by atoms with Gasteiger partial charge in [0.1, 0.15) is 0 Å². The van der Waals surface area contributed by atoms with Gasteiger partial charge < -0.3 is 10.1 Å². The van der Waals surface area contributed by atoms with Gasteiger partial charge in [-0.3, -0.25) is 4.79 Å². The van der Waals surface area contributed by atoms with E-state index in [1.807, 2.05) is 74.5 Å². The molecule has 29 heavy (non-hydrogen) atoms. The number of aryl methyl sites for hydroxylation is 2. The molecule has 4 nitrogen and oxygen atoms in total. The standard InChI is InChI=1S/C25H25NO3/c1-3-18-10-7-11-19(4-2)25(18)26-23(27)17-29-24(28)16-15-21-13-8-12-20-9-5-6-14-22(20)21/h5-16H,3-4,17H2,1-2H3,(H,26,27)/b16-15+. The molecule has 0 bridgehead atoms. The zero-order valence-corrected chi connectivity index (χ0v) is 16.8. The lowest BCUT2D eigenvalue weighted by molar-refractivity contribution is -0.142. The highest BCUT2D eigenvalue weighted by molar-refractivity contribution is 5.97. The number of fused-ring (bicyclic) bond motifs is 1. The van der Waals surface area contributed by atoms with Gasteiger partial charge in [-0.05, 0) is 46.4 Å². The number of para-hydroxylation sites is 1. The molecule has 3 aromatic rings. The number of hydrogen-bond acceptors (Lipinski definition) is 3. The van der Waals surface area contributed by atoms with Crippen LogP contribution in [0, 0.1) is 0 Å². The first-order valence-corrected chi connectivity index (χ1v) is 9.85. The summed E-state index contributed by atoms with van der Waals surface area (Å²) >= 11 is 0. The minimum Gasteiger partial charge on any atom is -0.452 e. The number of nitrogens with one attached hydrogen (secondary N) is 1. The summed E-state index contributed by atoms with van der Waals surface area (Å²) in [7, 11) is 0. The molecule has 0 atom stereocenters. The average Bonchev–Trinajstić information content (AvgIpc) is 2.76. The predicted molar refractivity (Wildman–Crippen MR) is 118 cm³/mol. The largest absolute Gasteiger partial charge is 0.452 e. The lowest BCUT2D eigenvalue weighted by Crippen LogP contribution is -2.21. The molecular weight excluding hydrogens is 362 g/mol. The van der Waals surface area contributed by atoms with Crippen molar-refractivity contribution in [2.45, 2.75) is 26.7 Å². The topological polar surface area (TPSA) is 55.4 Å². The number of carbonyl (C=O) groups is 2. The molecule has 0 fully saturated rings. The van der Waals surface area contributed by atoms with E-state index in [0.717, 1.165) is 46.0 Å². The minimum absolute atomic E-state index is 0.320. The minimum atomic E-state index is -0.549. The monoisotopic (exact) mass is 387 g/mol. The number of benzene rings is 3. The summed E-state index contributed by atoms with van der Waals surface area (Å²) in [6, 6.07) is 19.8. The molecule has 0 unspecified atom stereocenters. The first-order valence-electron chi connectivity index (χ1n) is 9.85. The van der Waals surface area contributed by atoms with Crippen molar-refractivity contribution in [3.05, 3.63) is 83.4 Å². The Kier molecular flexibility index (Phi) is 6.80. The van der Waals surface area contributed by atoms with Gasteiger partial charge in [-0.2, -0.15) is 0 Å². The van der Waals surface area contributed by atoms with Crippen LogP contribution in [-0.4, -0.2) is 18.5 Å². The Balaban J connectivity index is 1.61. The van der Waals surface area contributed by atoms with Gasteiger partial charge >= 0.3 is 5.97 Å². The summed E-state index contributed by atoms with van der Waals surface area (Å²) in [5.41, 5.74) is 3.89. The molecule has 4 heteroatoms. The maximum absolute atomic E-state index is 12.3. The van der Waals surface area contributed by atoms with E-state index in [2.05, 4.69) is 5.32 Å². The van der Waals surface area contributed by atoms with Gasteiger partial charge in [-0.15, -0.1) is 0 Å². The van der Waals surface area contributed by atoms with Crippen molar-refractivity contribution in [3.8, 4) is 0 Å². The molecule has 0 radical (unpaired) electrons. The number of rotatable bonds is 7. The van der Waals surface area contributed by atoms with Crippen LogP contribution in [0.2, 0.25) is 0 Å². The van der Waals surface area contributed by atoms with E-state index in [9.17, 15) is 9.59 Å². The lowest BCUT2D eigenvalue weighted by atomic mass is 10.0. The molecule has 0 aliphatic rings. The third-order valence-electron chi connectivity index (χ3n) is 4.83. The summed E-state index contributed by atoms with van der Waals surface area (Å²) in [6.45, 7) is 3.77. The molecule has 0 heterocycles. The summed E-state index contributed by atoms with van der Waals surface area (Å²) in [4.78, 5) is 24.4. The first kappa shape index (κ1) is 20.3. The molecule has 0 aromatic heterocycles. The molecule has 0 saturated carbocycles.